The van der Waals surface area contributed by atoms with E-state index in [9.17, 15) is 59.2 Å². The Labute approximate surface area is 243 Å². The van der Waals surface area contributed by atoms with Gasteiger partial charge in [-0.3, -0.25) is 19.9 Å². The molecule has 44 heavy (non-hydrogen) atoms. The summed E-state index contributed by atoms with van der Waals surface area (Å²) in [4.78, 5) is 38.0. The molecular weight excluding hydrogens is 621 g/mol. The van der Waals surface area contributed by atoms with Crippen molar-refractivity contribution in [1.29, 1.82) is 0 Å². The van der Waals surface area contributed by atoms with E-state index in [4.69, 9.17) is 4.74 Å². The minimum atomic E-state index is -5.25. The number of alkyl halides is 9. The van der Waals surface area contributed by atoms with Crippen LogP contribution in [0.2, 0.25) is 0 Å². The van der Waals surface area contributed by atoms with Crippen LogP contribution in [0.3, 0.4) is 0 Å². The van der Waals surface area contributed by atoms with Crippen LogP contribution in [0.1, 0.15) is 61.1 Å². The molecular formula is C26H24F9N3O6. The topological polar surface area (TPSA) is 102 Å². The Bertz CT molecular complexity index is 1410. The van der Waals surface area contributed by atoms with Crippen molar-refractivity contribution in [2.45, 2.75) is 70.5 Å². The fourth-order valence-corrected chi connectivity index (χ4v) is 4.79. The Kier molecular flexibility index (Phi) is 9.36. The first-order chi connectivity index (χ1) is 20.1. The molecule has 0 N–H and O–H groups in total. The van der Waals surface area contributed by atoms with E-state index in [-0.39, 0.29) is 12.1 Å². The minimum absolute atomic E-state index is 0.152. The molecule has 2 aromatic rings. The van der Waals surface area contributed by atoms with Gasteiger partial charge in [0, 0.05) is 24.2 Å². The minimum Gasteiger partial charge on any atom is -0.453 e. The van der Waals surface area contributed by atoms with Gasteiger partial charge in [0.2, 0.25) is 0 Å². The summed E-state index contributed by atoms with van der Waals surface area (Å²) in [5.41, 5.74) is -8.29. The van der Waals surface area contributed by atoms with Gasteiger partial charge < -0.3 is 9.47 Å². The fourth-order valence-electron chi connectivity index (χ4n) is 4.79. The van der Waals surface area contributed by atoms with Crippen LogP contribution in [0.5, 0.6) is 0 Å². The van der Waals surface area contributed by atoms with Gasteiger partial charge in [0.15, 0.2) is 0 Å². The molecule has 0 aliphatic carbocycles. The third-order valence-corrected chi connectivity index (χ3v) is 6.57. The van der Waals surface area contributed by atoms with Crippen molar-refractivity contribution in [3.63, 3.8) is 0 Å². The molecule has 1 aliphatic heterocycles. The second-order valence-electron chi connectivity index (χ2n) is 10.1. The quantitative estimate of drug-likeness (QED) is 0.185. The van der Waals surface area contributed by atoms with Crippen LogP contribution in [0, 0.1) is 10.1 Å². The molecule has 0 saturated carbocycles. The fraction of sp³-hybridized carbons (Fsp3) is 0.462. The highest BCUT2D eigenvalue weighted by Crippen LogP contribution is 2.49. The number of nitro groups is 1. The van der Waals surface area contributed by atoms with Gasteiger partial charge in [-0.05, 0) is 57.0 Å². The first kappa shape index (κ1) is 34.2. The maximum atomic E-state index is 13.9. The lowest BCUT2D eigenvalue weighted by atomic mass is 9.88. The molecule has 0 radical (unpaired) electrons. The third-order valence-electron chi connectivity index (χ3n) is 6.57. The molecule has 0 aromatic heterocycles. The summed E-state index contributed by atoms with van der Waals surface area (Å²) in [5.74, 6) is 0. The van der Waals surface area contributed by atoms with Gasteiger partial charge in [0.25, 0.3) is 5.69 Å². The summed E-state index contributed by atoms with van der Waals surface area (Å²) >= 11 is 0. The highest BCUT2D eigenvalue weighted by Gasteiger charge is 2.46. The first-order valence-electron chi connectivity index (χ1n) is 12.6. The second kappa shape index (κ2) is 12.0. The van der Waals surface area contributed by atoms with Crippen LogP contribution in [-0.4, -0.2) is 41.3 Å². The summed E-state index contributed by atoms with van der Waals surface area (Å²) < 4.78 is 132. The van der Waals surface area contributed by atoms with Crippen LogP contribution in [0.15, 0.2) is 30.3 Å². The molecule has 2 aromatic carbocycles. The molecule has 0 spiro atoms. The maximum Gasteiger partial charge on any atom is 0.416 e. The number of nitro benzene ring substituents is 1. The molecule has 242 valence electrons. The Balaban J connectivity index is 2.33. The van der Waals surface area contributed by atoms with E-state index >= 15 is 0 Å². The zero-order chi connectivity index (χ0) is 33.5. The van der Waals surface area contributed by atoms with Gasteiger partial charge in [0.05, 0.1) is 40.9 Å². The van der Waals surface area contributed by atoms with E-state index in [0.29, 0.717) is 28.0 Å². The Hall–Kier alpha value is -4.25. The van der Waals surface area contributed by atoms with Crippen LogP contribution < -0.4 is 4.90 Å². The van der Waals surface area contributed by atoms with Gasteiger partial charge in [-0.25, -0.2) is 9.59 Å². The SMILES string of the molecule is COC(=O)N(Cc1cc(C(F)(F)F)cc(C(F)(F)F)c1)[C@@H]1C[C@H](C)N(C(=O)OC(C)C)c2c1cc(C(F)(F)F)cc2[N+](=O)[O-]. The Morgan fingerprint density at radius 1 is 0.955 bits per heavy atom. The zero-order valence-corrected chi connectivity index (χ0v) is 23.2. The first-order valence-corrected chi connectivity index (χ1v) is 12.6. The average molecular weight is 645 g/mol. The molecule has 3 rings (SSSR count). The number of carbonyl (C=O) groups excluding carboxylic acids is 2. The summed E-state index contributed by atoms with van der Waals surface area (Å²) in [6.45, 7) is 3.11. The van der Waals surface area contributed by atoms with Crippen molar-refractivity contribution in [3.8, 4) is 0 Å². The van der Waals surface area contributed by atoms with Gasteiger partial charge in [-0.1, -0.05) is 0 Å². The van der Waals surface area contributed by atoms with Gasteiger partial charge in [0.1, 0.15) is 5.69 Å². The molecule has 0 fully saturated rings. The largest absolute Gasteiger partial charge is 0.453 e. The van der Waals surface area contributed by atoms with Crippen LogP contribution >= 0.6 is 0 Å². The highest BCUT2D eigenvalue weighted by atomic mass is 19.4. The lowest BCUT2D eigenvalue weighted by molar-refractivity contribution is -0.384. The number of fused-ring (bicyclic) bond motifs is 1. The Morgan fingerprint density at radius 2 is 1.45 bits per heavy atom. The number of amides is 2. The number of ether oxygens (including phenoxy) is 2. The smallest absolute Gasteiger partial charge is 0.416 e. The number of hydrogen-bond donors (Lipinski definition) is 0. The lowest BCUT2D eigenvalue weighted by Crippen LogP contribution is -2.48. The number of methoxy groups -OCH3 is 1. The van der Waals surface area contributed by atoms with E-state index in [1.165, 1.54) is 20.8 Å². The van der Waals surface area contributed by atoms with E-state index in [2.05, 4.69) is 4.74 Å². The van der Waals surface area contributed by atoms with Crippen LogP contribution in [0.4, 0.5) is 60.5 Å². The average Bonchev–Trinajstić information content (AvgIpc) is 2.88. The molecule has 2 amide bonds. The monoisotopic (exact) mass is 645 g/mol. The van der Waals surface area contributed by atoms with Crippen molar-refractivity contribution >= 4 is 23.6 Å². The van der Waals surface area contributed by atoms with E-state index < -0.39 is 106 Å². The number of carbonyl (C=O) groups is 2. The van der Waals surface area contributed by atoms with Crippen molar-refractivity contribution in [1.82, 2.24) is 4.90 Å². The maximum absolute atomic E-state index is 13.9. The standard InChI is InChI=1S/C26H24F9N3O6/c1-12(2)44-23(40)37-13(3)5-19(18-9-17(26(33,34)35)10-20(21(18)37)38(41)42)36(22(39)43-4)11-14-6-15(24(27,28)29)8-16(7-14)25(30,31)32/h6-10,12-13,19H,5,11H2,1-4H3/t13-,19+/m0/s1. The van der Waals surface area contributed by atoms with Crippen molar-refractivity contribution in [2.24, 2.45) is 0 Å². The predicted molar refractivity (Wildman–Crippen MR) is 133 cm³/mol. The molecule has 9 nitrogen and oxygen atoms in total. The van der Waals surface area contributed by atoms with Crippen molar-refractivity contribution in [2.75, 3.05) is 12.0 Å². The number of anilines is 1. The molecule has 0 unspecified atom stereocenters. The molecule has 1 heterocycles. The summed E-state index contributed by atoms with van der Waals surface area (Å²) in [6.07, 6.45) is -19.5. The zero-order valence-electron chi connectivity index (χ0n) is 23.2. The van der Waals surface area contributed by atoms with Crippen molar-refractivity contribution in [3.05, 3.63) is 68.3 Å². The van der Waals surface area contributed by atoms with E-state index in [1.807, 2.05) is 0 Å². The second-order valence-corrected chi connectivity index (χ2v) is 10.1. The number of benzene rings is 2. The predicted octanol–water partition coefficient (Wildman–Crippen LogP) is 8.10. The highest BCUT2D eigenvalue weighted by molar-refractivity contribution is 5.94. The Morgan fingerprint density at radius 3 is 1.89 bits per heavy atom. The summed E-state index contributed by atoms with van der Waals surface area (Å²) in [7, 11) is 0.802. The number of nitrogens with zero attached hydrogens (tertiary/aromatic N) is 3. The number of hydrogen-bond acceptors (Lipinski definition) is 6. The molecule has 2 atom stereocenters. The molecule has 18 heteroatoms. The summed E-state index contributed by atoms with van der Waals surface area (Å²) in [5, 5.41) is 12.0. The summed E-state index contributed by atoms with van der Waals surface area (Å²) in [6, 6.07) is -1.75. The van der Waals surface area contributed by atoms with Gasteiger partial charge in [-0.2, -0.15) is 39.5 Å². The third kappa shape index (κ3) is 7.27. The van der Waals surface area contributed by atoms with Crippen LogP contribution in [0.25, 0.3) is 0 Å². The van der Waals surface area contributed by atoms with Gasteiger partial charge in [-0.15, -0.1) is 0 Å². The van der Waals surface area contributed by atoms with E-state index in [0.717, 1.165) is 7.11 Å². The molecule has 0 saturated heterocycles. The molecule has 1 aliphatic rings. The van der Waals surface area contributed by atoms with Gasteiger partial charge >= 0.3 is 30.7 Å². The lowest BCUT2D eigenvalue weighted by Gasteiger charge is -2.42. The van der Waals surface area contributed by atoms with Crippen molar-refractivity contribution < 1.29 is 63.5 Å². The van der Waals surface area contributed by atoms with E-state index in [1.54, 1.807) is 0 Å². The number of halogens is 9. The molecule has 0 bridgehead atoms. The normalized spacial score (nSPS) is 17.3. The number of rotatable bonds is 5. The van der Waals surface area contributed by atoms with Crippen LogP contribution in [-0.2, 0) is 34.5 Å².